The molecule has 3 N–H and O–H groups in total. The molecule has 2 rings (SSSR count). The zero-order valence-corrected chi connectivity index (χ0v) is 11.5. The number of hydrogen-bond donors (Lipinski definition) is 2. The summed E-state index contributed by atoms with van der Waals surface area (Å²) >= 11 is 0. The van der Waals surface area contributed by atoms with Gasteiger partial charge in [0.1, 0.15) is 5.82 Å². The Morgan fingerprint density at radius 1 is 1.06 bits per heavy atom. The van der Waals surface area contributed by atoms with E-state index in [0.717, 1.165) is 16.9 Å². The second-order valence-corrected chi connectivity index (χ2v) is 5.30. The van der Waals surface area contributed by atoms with Crippen molar-refractivity contribution in [3.8, 4) is 0 Å². The number of hydrazine groups is 1. The summed E-state index contributed by atoms with van der Waals surface area (Å²) in [6, 6.07) is 8.53. The van der Waals surface area contributed by atoms with Gasteiger partial charge in [0.05, 0.1) is 5.52 Å². The number of nitrogen functional groups attached to an aromatic ring is 1. The summed E-state index contributed by atoms with van der Waals surface area (Å²) in [5.41, 5.74) is 6.19. The van der Waals surface area contributed by atoms with Gasteiger partial charge in [-0.2, -0.15) is 0 Å². The van der Waals surface area contributed by atoms with Crippen molar-refractivity contribution in [1.82, 2.24) is 4.98 Å². The maximum Gasteiger partial charge on any atom is 0.144 e. The number of rotatable bonds is 3. The van der Waals surface area contributed by atoms with Crippen LogP contribution in [0, 0.1) is 0 Å². The minimum absolute atomic E-state index is 0.399. The second-order valence-electron chi connectivity index (χ2n) is 5.30. The van der Waals surface area contributed by atoms with Crippen LogP contribution in [0.15, 0.2) is 24.3 Å². The van der Waals surface area contributed by atoms with Crippen molar-refractivity contribution >= 4 is 16.7 Å². The van der Waals surface area contributed by atoms with Crippen LogP contribution in [0.4, 0.5) is 5.82 Å². The first-order chi connectivity index (χ1) is 8.54. The lowest BCUT2D eigenvalue weighted by molar-refractivity contribution is 0.856. The summed E-state index contributed by atoms with van der Waals surface area (Å²) < 4.78 is 0. The zero-order valence-electron chi connectivity index (χ0n) is 11.5. The Bertz CT molecular complexity index is 559. The van der Waals surface area contributed by atoms with Crippen molar-refractivity contribution in [2.45, 2.75) is 39.5 Å². The number of benzene rings is 1. The number of fused-ring (bicyclic) bond motifs is 1. The van der Waals surface area contributed by atoms with E-state index in [4.69, 9.17) is 10.8 Å². The van der Waals surface area contributed by atoms with Crippen LogP contribution in [0.3, 0.4) is 0 Å². The lowest BCUT2D eigenvalue weighted by Crippen LogP contribution is -2.12. The van der Waals surface area contributed by atoms with Crippen LogP contribution in [0.1, 0.15) is 50.7 Å². The maximum absolute atomic E-state index is 5.59. The molecule has 1 heterocycles. The predicted molar refractivity (Wildman–Crippen MR) is 77.7 cm³/mol. The SMILES string of the molecule is CC(C)c1cc2cccc(C(C)C)c2nc1NN. The molecule has 0 aliphatic rings. The van der Waals surface area contributed by atoms with Gasteiger partial charge >= 0.3 is 0 Å². The molecule has 0 unspecified atom stereocenters. The van der Waals surface area contributed by atoms with Crippen molar-refractivity contribution in [1.29, 1.82) is 0 Å². The van der Waals surface area contributed by atoms with Gasteiger partial charge in [-0.1, -0.05) is 45.9 Å². The highest BCUT2D eigenvalue weighted by molar-refractivity contribution is 5.85. The fraction of sp³-hybridized carbons (Fsp3) is 0.400. The summed E-state index contributed by atoms with van der Waals surface area (Å²) in [4.78, 5) is 4.70. The molecule has 0 atom stereocenters. The molecule has 0 amide bonds. The number of pyridine rings is 1. The van der Waals surface area contributed by atoms with Crippen molar-refractivity contribution in [2.75, 3.05) is 5.43 Å². The van der Waals surface area contributed by atoms with Crippen LogP contribution >= 0.6 is 0 Å². The number of anilines is 1. The fourth-order valence-corrected chi connectivity index (χ4v) is 2.26. The number of nitrogens with zero attached hydrogens (tertiary/aromatic N) is 1. The summed E-state index contributed by atoms with van der Waals surface area (Å²) in [7, 11) is 0. The molecule has 0 radical (unpaired) electrons. The van der Waals surface area contributed by atoms with Gasteiger partial charge in [0.25, 0.3) is 0 Å². The Balaban J connectivity index is 2.74. The number of nitrogens with two attached hydrogens (primary N) is 1. The van der Waals surface area contributed by atoms with E-state index in [9.17, 15) is 0 Å². The van der Waals surface area contributed by atoms with E-state index < -0.39 is 0 Å². The van der Waals surface area contributed by atoms with Gasteiger partial charge in [-0.05, 0) is 29.0 Å². The fourth-order valence-electron chi connectivity index (χ4n) is 2.26. The van der Waals surface area contributed by atoms with E-state index in [0.29, 0.717) is 11.8 Å². The molecule has 0 bridgehead atoms. The van der Waals surface area contributed by atoms with Gasteiger partial charge in [-0.25, -0.2) is 10.8 Å². The minimum Gasteiger partial charge on any atom is -0.308 e. The van der Waals surface area contributed by atoms with Crippen LogP contribution in [-0.2, 0) is 0 Å². The van der Waals surface area contributed by atoms with E-state index >= 15 is 0 Å². The molecule has 0 fully saturated rings. The van der Waals surface area contributed by atoms with Crippen LogP contribution in [0.5, 0.6) is 0 Å². The number of nitrogens with one attached hydrogen (secondary N) is 1. The lowest BCUT2D eigenvalue weighted by Gasteiger charge is -2.15. The Kier molecular flexibility index (Phi) is 3.53. The molecule has 0 aliphatic carbocycles. The molecule has 3 heteroatoms. The molecular formula is C15H21N3. The lowest BCUT2D eigenvalue weighted by atomic mass is 9.96. The van der Waals surface area contributed by atoms with Gasteiger partial charge in [-0.3, -0.25) is 0 Å². The molecule has 0 saturated carbocycles. The van der Waals surface area contributed by atoms with E-state index in [-0.39, 0.29) is 0 Å². The molecule has 0 aliphatic heterocycles. The van der Waals surface area contributed by atoms with Crippen molar-refractivity contribution in [3.63, 3.8) is 0 Å². The summed E-state index contributed by atoms with van der Waals surface area (Å²) in [5, 5.41) is 1.18. The molecule has 0 spiro atoms. The molecule has 3 nitrogen and oxygen atoms in total. The largest absolute Gasteiger partial charge is 0.308 e. The Morgan fingerprint density at radius 3 is 2.28 bits per heavy atom. The van der Waals surface area contributed by atoms with Gasteiger partial charge in [0, 0.05) is 5.39 Å². The third-order valence-electron chi connectivity index (χ3n) is 3.29. The van der Waals surface area contributed by atoms with E-state index in [1.807, 2.05) is 0 Å². The third-order valence-corrected chi connectivity index (χ3v) is 3.29. The topological polar surface area (TPSA) is 50.9 Å². The number of para-hydroxylation sites is 1. The predicted octanol–water partition coefficient (Wildman–Crippen LogP) is 3.77. The summed E-state index contributed by atoms with van der Waals surface area (Å²) in [6.45, 7) is 8.66. The van der Waals surface area contributed by atoms with Gasteiger partial charge in [0.15, 0.2) is 0 Å². The quantitative estimate of drug-likeness (QED) is 0.637. The van der Waals surface area contributed by atoms with E-state index in [1.54, 1.807) is 0 Å². The zero-order chi connectivity index (χ0) is 13.3. The monoisotopic (exact) mass is 243 g/mol. The van der Waals surface area contributed by atoms with Crippen molar-refractivity contribution < 1.29 is 0 Å². The molecule has 18 heavy (non-hydrogen) atoms. The second kappa shape index (κ2) is 4.94. The standard InChI is InChI=1S/C15H21N3/c1-9(2)12-7-5-6-11-8-13(10(3)4)15(18-16)17-14(11)12/h5-10H,16H2,1-4H3,(H,17,18). The highest BCUT2D eigenvalue weighted by Gasteiger charge is 2.12. The summed E-state index contributed by atoms with van der Waals surface area (Å²) in [5.74, 6) is 7.23. The first kappa shape index (κ1) is 12.8. The number of aromatic nitrogens is 1. The molecule has 1 aromatic carbocycles. The Labute approximate surface area is 108 Å². The average Bonchev–Trinajstić information content (AvgIpc) is 2.35. The van der Waals surface area contributed by atoms with Crippen LogP contribution in [-0.4, -0.2) is 4.98 Å². The molecule has 0 saturated heterocycles. The first-order valence-electron chi connectivity index (χ1n) is 6.44. The average molecular weight is 243 g/mol. The van der Waals surface area contributed by atoms with Crippen LogP contribution in [0.2, 0.25) is 0 Å². The van der Waals surface area contributed by atoms with Gasteiger partial charge in [-0.15, -0.1) is 0 Å². The van der Waals surface area contributed by atoms with Gasteiger partial charge < -0.3 is 5.43 Å². The first-order valence-corrected chi connectivity index (χ1v) is 6.44. The molecule has 96 valence electrons. The third kappa shape index (κ3) is 2.18. The van der Waals surface area contributed by atoms with Crippen molar-refractivity contribution in [3.05, 3.63) is 35.4 Å². The number of hydrogen-bond acceptors (Lipinski definition) is 3. The van der Waals surface area contributed by atoms with Crippen LogP contribution in [0.25, 0.3) is 10.9 Å². The van der Waals surface area contributed by atoms with Crippen molar-refractivity contribution in [2.24, 2.45) is 5.84 Å². The molecular weight excluding hydrogens is 222 g/mol. The Morgan fingerprint density at radius 2 is 1.72 bits per heavy atom. The molecule has 1 aromatic heterocycles. The minimum atomic E-state index is 0.399. The Hall–Kier alpha value is -1.61. The highest BCUT2D eigenvalue weighted by atomic mass is 15.2. The van der Waals surface area contributed by atoms with Gasteiger partial charge in [0.2, 0.25) is 0 Å². The normalized spacial score (nSPS) is 11.5. The maximum atomic E-state index is 5.59. The molecule has 2 aromatic rings. The van der Waals surface area contributed by atoms with E-state index in [1.165, 1.54) is 10.9 Å². The summed E-state index contributed by atoms with van der Waals surface area (Å²) in [6.07, 6.45) is 0. The van der Waals surface area contributed by atoms with Crippen LogP contribution < -0.4 is 11.3 Å². The highest BCUT2D eigenvalue weighted by Crippen LogP contribution is 2.30. The van der Waals surface area contributed by atoms with E-state index in [2.05, 4.69) is 57.4 Å². The smallest absolute Gasteiger partial charge is 0.144 e.